The summed E-state index contributed by atoms with van der Waals surface area (Å²) in [6.45, 7) is 2.01. The van der Waals surface area contributed by atoms with E-state index in [0.29, 0.717) is 22.1 Å². The molecule has 0 saturated heterocycles. The molecule has 114 valence electrons. The highest BCUT2D eigenvalue weighted by atomic mass is 79.9. The zero-order chi connectivity index (χ0) is 15.6. The number of sulfonamides is 1. The number of nitrogens with zero attached hydrogens (tertiary/aromatic N) is 2. The lowest BCUT2D eigenvalue weighted by atomic mass is 10.2. The van der Waals surface area contributed by atoms with Gasteiger partial charge in [-0.2, -0.15) is 0 Å². The van der Waals surface area contributed by atoms with E-state index >= 15 is 0 Å². The molecule has 0 aliphatic heterocycles. The van der Waals surface area contributed by atoms with Crippen LogP contribution < -0.4 is 10.5 Å². The van der Waals surface area contributed by atoms with Crippen LogP contribution in [0.5, 0.6) is 0 Å². The van der Waals surface area contributed by atoms with Crippen LogP contribution in [0.3, 0.4) is 0 Å². The maximum absolute atomic E-state index is 12.3. The van der Waals surface area contributed by atoms with Gasteiger partial charge in [0.25, 0.3) is 0 Å². The van der Waals surface area contributed by atoms with Crippen molar-refractivity contribution in [2.75, 3.05) is 12.3 Å². The smallest absolute Gasteiger partial charge is 0.240 e. The Balaban J connectivity index is 2.12. The molecule has 0 aliphatic rings. The van der Waals surface area contributed by atoms with E-state index in [1.54, 1.807) is 19.2 Å². The van der Waals surface area contributed by atoms with Gasteiger partial charge in [-0.05, 0) is 40.5 Å². The summed E-state index contributed by atoms with van der Waals surface area (Å²) in [4.78, 5) is 4.35. The minimum atomic E-state index is -3.58. The van der Waals surface area contributed by atoms with E-state index in [4.69, 9.17) is 5.73 Å². The van der Waals surface area contributed by atoms with Gasteiger partial charge in [0.1, 0.15) is 5.82 Å². The summed E-state index contributed by atoms with van der Waals surface area (Å²) >= 11 is 3.28. The molecule has 0 aliphatic carbocycles. The lowest BCUT2D eigenvalue weighted by molar-refractivity contribution is 0.579. The second-order valence-electron chi connectivity index (χ2n) is 4.74. The van der Waals surface area contributed by atoms with Crippen LogP contribution in [-0.2, 0) is 23.5 Å². The van der Waals surface area contributed by atoms with Gasteiger partial charge >= 0.3 is 0 Å². The van der Waals surface area contributed by atoms with Crippen LogP contribution in [0.2, 0.25) is 0 Å². The zero-order valence-corrected chi connectivity index (χ0v) is 14.2. The third-order valence-corrected chi connectivity index (χ3v) is 5.44. The minimum absolute atomic E-state index is 0.197. The Bertz CT molecular complexity index is 756. The maximum Gasteiger partial charge on any atom is 0.240 e. The number of imidazole rings is 1. The van der Waals surface area contributed by atoms with Crippen molar-refractivity contribution < 1.29 is 8.42 Å². The molecule has 21 heavy (non-hydrogen) atoms. The number of nitrogens with one attached hydrogen (secondary N) is 1. The van der Waals surface area contributed by atoms with Crippen molar-refractivity contribution in [2.24, 2.45) is 7.05 Å². The van der Waals surface area contributed by atoms with E-state index < -0.39 is 10.0 Å². The molecule has 1 aromatic carbocycles. The van der Waals surface area contributed by atoms with Gasteiger partial charge in [-0.1, -0.05) is 0 Å². The van der Waals surface area contributed by atoms with Crippen molar-refractivity contribution in [1.82, 2.24) is 14.3 Å². The van der Waals surface area contributed by atoms with E-state index in [-0.39, 0.29) is 11.4 Å². The SMILES string of the molecule is Cc1cc(Br)c(N)cc1S(=O)(=O)NCCc1nccn1C. The van der Waals surface area contributed by atoms with Crippen molar-refractivity contribution in [3.63, 3.8) is 0 Å². The molecule has 0 saturated carbocycles. The number of rotatable bonds is 5. The lowest BCUT2D eigenvalue weighted by Gasteiger charge is -2.11. The van der Waals surface area contributed by atoms with Crippen LogP contribution in [0.4, 0.5) is 5.69 Å². The van der Waals surface area contributed by atoms with Gasteiger partial charge in [0.2, 0.25) is 10.0 Å². The summed E-state index contributed by atoms with van der Waals surface area (Å²) in [5.41, 5.74) is 6.79. The van der Waals surface area contributed by atoms with Crippen LogP contribution in [0, 0.1) is 6.92 Å². The second-order valence-corrected chi connectivity index (χ2v) is 7.33. The molecule has 2 aromatic rings. The predicted molar refractivity (Wildman–Crippen MR) is 85.4 cm³/mol. The molecular formula is C13H17BrN4O2S. The first-order chi connectivity index (χ1) is 9.81. The number of benzene rings is 1. The molecule has 0 amide bonds. The summed E-state index contributed by atoms with van der Waals surface area (Å²) < 4.78 is 29.8. The average molecular weight is 373 g/mol. The van der Waals surface area contributed by atoms with Crippen LogP contribution in [0.1, 0.15) is 11.4 Å². The van der Waals surface area contributed by atoms with Crippen LogP contribution in [0.15, 0.2) is 33.9 Å². The quantitative estimate of drug-likeness (QED) is 0.779. The number of hydrogen-bond acceptors (Lipinski definition) is 4. The third kappa shape index (κ3) is 3.63. The molecule has 0 spiro atoms. The van der Waals surface area contributed by atoms with Crippen molar-refractivity contribution in [3.8, 4) is 0 Å². The highest BCUT2D eigenvalue weighted by Crippen LogP contribution is 2.26. The van der Waals surface area contributed by atoms with E-state index in [2.05, 4.69) is 25.6 Å². The Kier molecular flexibility index (Phi) is 4.70. The van der Waals surface area contributed by atoms with Gasteiger partial charge in [0, 0.05) is 42.6 Å². The van der Waals surface area contributed by atoms with Gasteiger partial charge in [0.15, 0.2) is 0 Å². The Morgan fingerprint density at radius 3 is 2.76 bits per heavy atom. The van der Waals surface area contributed by atoms with E-state index in [0.717, 1.165) is 5.82 Å². The number of anilines is 1. The van der Waals surface area contributed by atoms with Crippen LogP contribution in [-0.4, -0.2) is 24.5 Å². The van der Waals surface area contributed by atoms with Crippen molar-refractivity contribution >= 4 is 31.6 Å². The fourth-order valence-electron chi connectivity index (χ4n) is 1.97. The van der Waals surface area contributed by atoms with Gasteiger partial charge in [-0.3, -0.25) is 0 Å². The predicted octanol–water partition coefficient (Wildman–Crippen LogP) is 1.59. The van der Waals surface area contributed by atoms with E-state index in [1.165, 1.54) is 6.07 Å². The summed E-state index contributed by atoms with van der Waals surface area (Å²) in [7, 11) is -1.71. The zero-order valence-electron chi connectivity index (χ0n) is 11.8. The first-order valence-corrected chi connectivity index (χ1v) is 8.60. The average Bonchev–Trinajstić information content (AvgIpc) is 2.79. The fraction of sp³-hybridized carbons (Fsp3) is 0.308. The molecule has 1 heterocycles. The summed E-state index contributed by atoms with van der Waals surface area (Å²) in [6, 6.07) is 3.16. The Morgan fingerprint density at radius 1 is 1.43 bits per heavy atom. The topological polar surface area (TPSA) is 90.0 Å². The number of nitrogen functional groups attached to an aromatic ring is 1. The normalized spacial score (nSPS) is 11.8. The molecule has 1 aromatic heterocycles. The van der Waals surface area contributed by atoms with Crippen molar-refractivity contribution in [2.45, 2.75) is 18.2 Å². The number of halogens is 1. The number of hydrogen-bond donors (Lipinski definition) is 2. The van der Waals surface area contributed by atoms with E-state index in [9.17, 15) is 8.42 Å². The van der Waals surface area contributed by atoms with Crippen molar-refractivity contribution in [3.05, 3.63) is 40.4 Å². The molecular weight excluding hydrogens is 356 g/mol. The lowest BCUT2D eigenvalue weighted by Crippen LogP contribution is -2.27. The first-order valence-electron chi connectivity index (χ1n) is 6.33. The number of aryl methyl sites for hydroxylation is 2. The number of aromatic nitrogens is 2. The highest BCUT2D eigenvalue weighted by Gasteiger charge is 2.18. The van der Waals surface area contributed by atoms with E-state index in [1.807, 2.05) is 17.8 Å². The minimum Gasteiger partial charge on any atom is -0.398 e. The van der Waals surface area contributed by atoms with Gasteiger partial charge in [-0.15, -0.1) is 0 Å². The molecule has 3 N–H and O–H groups in total. The standard InChI is InChI=1S/C13H17BrN4O2S/c1-9-7-10(14)11(15)8-12(9)21(19,20)17-4-3-13-16-5-6-18(13)2/h5-8,17H,3-4,15H2,1-2H3. The molecule has 8 heteroatoms. The fourth-order valence-corrected chi connectivity index (χ4v) is 3.72. The van der Waals surface area contributed by atoms with Crippen LogP contribution >= 0.6 is 15.9 Å². The molecule has 6 nitrogen and oxygen atoms in total. The molecule has 0 radical (unpaired) electrons. The summed E-state index contributed by atoms with van der Waals surface area (Å²) in [5, 5.41) is 0. The number of nitrogens with two attached hydrogens (primary N) is 1. The Labute approximate surface area is 132 Å². The van der Waals surface area contributed by atoms with Gasteiger partial charge in [0.05, 0.1) is 4.90 Å². The van der Waals surface area contributed by atoms with Gasteiger partial charge < -0.3 is 10.3 Å². The Hall–Kier alpha value is -1.38. The Morgan fingerprint density at radius 2 is 2.14 bits per heavy atom. The van der Waals surface area contributed by atoms with Crippen molar-refractivity contribution in [1.29, 1.82) is 0 Å². The molecule has 2 rings (SSSR count). The third-order valence-electron chi connectivity index (χ3n) is 3.15. The van der Waals surface area contributed by atoms with Crippen LogP contribution in [0.25, 0.3) is 0 Å². The molecule has 0 atom stereocenters. The molecule has 0 unspecified atom stereocenters. The summed E-state index contributed by atoms with van der Waals surface area (Å²) in [6.07, 6.45) is 4.03. The second kappa shape index (κ2) is 6.17. The largest absolute Gasteiger partial charge is 0.398 e. The molecule has 0 fully saturated rings. The first kappa shape index (κ1) is 16.0. The van der Waals surface area contributed by atoms with Gasteiger partial charge in [-0.25, -0.2) is 18.1 Å². The molecule has 0 bridgehead atoms. The highest BCUT2D eigenvalue weighted by molar-refractivity contribution is 9.10. The summed E-state index contributed by atoms with van der Waals surface area (Å²) in [5.74, 6) is 0.824. The monoisotopic (exact) mass is 372 g/mol. The maximum atomic E-state index is 12.3.